The summed E-state index contributed by atoms with van der Waals surface area (Å²) in [6.45, 7) is 7.14. The number of amides is 2. The maximum absolute atomic E-state index is 12.0. The molecule has 0 radical (unpaired) electrons. The molecule has 1 heterocycles. The minimum absolute atomic E-state index is 0.285. The Labute approximate surface area is 112 Å². The summed E-state index contributed by atoms with van der Waals surface area (Å²) in [7, 11) is 0. The lowest BCUT2D eigenvalue weighted by molar-refractivity contribution is 0.0534. The molecule has 0 aromatic carbocycles. The number of hydrogen-bond acceptors (Lipinski definition) is 5. The Bertz CT molecular complexity index is 468. The summed E-state index contributed by atoms with van der Waals surface area (Å²) in [6.07, 6.45) is -0.486. The summed E-state index contributed by atoms with van der Waals surface area (Å²) in [6, 6.07) is 3.15. The van der Waals surface area contributed by atoms with Crippen LogP contribution in [0.1, 0.15) is 42.0 Å². The van der Waals surface area contributed by atoms with Crippen molar-refractivity contribution < 1.29 is 14.3 Å². The zero-order valence-corrected chi connectivity index (χ0v) is 11.6. The van der Waals surface area contributed by atoms with E-state index in [2.05, 4.69) is 4.98 Å². The standard InChI is InChI=1S/C13H19N3O3/c1-5-10(4)19-13(18)16(14)12(17)11-6-8(2)15-9(3)7-11/h6-7,10H,5,14H2,1-4H3. The third kappa shape index (κ3) is 4.03. The minimum atomic E-state index is -0.855. The van der Waals surface area contributed by atoms with E-state index >= 15 is 0 Å². The number of carbonyl (C=O) groups is 2. The van der Waals surface area contributed by atoms with Gasteiger partial charge in [0.15, 0.2) is 0 Å². The maximum Gasteiger partial charge on any atom is 0.431 e. The lowest BCUT2D eigenvalue weighted by Gasteiger charge is -2.18. The molecule has 0 spiro atoms. The van der Waals surface area contributed by atoms with Crippen LogP contribution in [0.4, 0.5) is 4.79 Å². The Kier molecular flexibility index (Phi) is 5.00. The first-order valence-electron chi connectivity index (χ1n) is 6.10. The van der Waals surface area contributed by atoms with E-state index in [1.54, 1.807) is 32.9 Å². The zero-order chi connectivity index (χ0) is 14.6. The predicted octanol–water partition coefficient (Wildman–Crippen LogP) is 1.95. The second-order valence-electron chi connectivity index (χ2n) is 4.42. The summed E-state index contributed by atoms with van der Waals surface area (Å²) in [4.78, 5) is 27.8. The fourth-order valence-electron chi connectivity index (χ4n) is 1.49. The van der Waals surface area contributed by atoms with Gasteiger partial charge in [-0.25, -0.2) is 10.6 Å². The van der Waals surface area contributed by atoms with Crippen molar-refractivity contribution in [1.82, 2.24) is 9.99 Å². The molecule has 1 rings (SSSR count). The SMILES string of the molecule is CCC(C)OC(=O)N(N)C(=O)c1cc(C)nc(C)c1. The van der Waals surface area contributed by atoms with Crippen molar-refractivity contribution in [3.05, 3.63) is 29.1 Å². The third-order valence-electron chi connectivity index (χ3n) is 2.62. The molecule has 1 aromatic heterocycles. The van der Waals surface area contributed by atoms with Crippen LogP contribution in [0.25, 0.3) is 0 Å². The lowest BCUT2D eigenvalue weighted by atomic mass is 10.2. The summed E-state index contributed by atoms with van der Waals surface area (Å²) < 4.78 is 4.99. The third-order valence-corrected chi connectivity index (χ3v) is 2.62. The van der Waals surface area contributed by atoms with Crippen LogP contribution in [0.2, 0.25) is 0 Å². The van der Waals surface area contributed by atoms with Gasteiger partial charge >= 0.3 is 6.09 Å². The molecule has 0 saturated carbocycles. The van der Waals surface area contributed by atoms with Gasteiger partial charge in [-0.2, -0.15) is 5.01 Å². The van der Waals surface area contributed by atoms with E-state index in [0.717, 1.165) is 0 Å². The second kappa shape index (κ2) is 6.29. The van der Waals surface area contributed by atoms with Crippen molar-refractivity contribution in [2.45, 2.75) is 40.2 Å². The fraction of sp³-hybridized carbons (Fsp3) is 0.462. The number of hydrazine groups is 1. The molecule has 0 aliphatic rings. The average Bonchev–Trinajstić information content (AvgIpc) is 2.35. The first kappa shape index (κ1) is 15.1. The van der Waals surface area contributed by atoms with Gasteiger partial charge in [0.1, 0.15) is 6.10 Å². The van der Waals surface area contributed by atoms with Gasteiger partial charge < -0.3 is 4.74 Å². The average molecular weight is 265 g/mol. The van der Waals surface area contributed by atoms with Gasteiger partial charge in [0.05, 0.1) is 0 Å². The summed E-state index contributed by atoms with van der Waals surface area (Å²) in [5, 5.41) is 0.486. The molecule has 2 N–H and O–H groups in total. The van der Waals surface area contributed by atoms with Crippen molar-refractivity contribution >= 4 is 12.0 Å². The number of rotatable bonds is 3. The number of hydrogen-bond donors (Lipinski definition) is 1. The Hall–Kier alpha value is -1.95. The second-order valence-corrected chi connectivity index (χ2v) is 4.42. The van der Waals surface area contributed by atoms with Crippen LogP contribution in [0.3, 0.4) is 0 Å². The van der Waals surface area contributed by atoms with E-state index in [0.29, 0.717) is 28.4 Å². The highest BCUT2D eigenvalue weighted by atomic mass is 16.6. The summed E-state index contributed by atoms with van der Waals surface area (Å²) >= 11 is 0. The molecule has 0 aliphatic carbocycles. The predicted molar refractivity (Wildman–Crippen MR) is 70.3 cm³/mol. The fourth-order valence-corrected chi connectivity index (χ4v) is 1.49. The Morgan fingerprint density at radius 1 is 1.37 bits per heavy atom. The molecule has 19 heavy (non-hydrogen) atoms. The van der Waals surface area contributed by atoms with E-state index in [1.165, 1.54) is 0 Å². The summed E-state index contributed by atoms with van der Waals surface area (Å²) in [5.74, 6) is 4.88. The zero-order valence-electron chi connectivity index (χ0n) is 11.6. The normalized spacial score (nSPS) is 11.8. The number of carbonyl (C=O) groups excluding carboxylic acids is 2. The van der Waals surface area contributed by atoms with E-state index in [4.69, 9.17) is 10.6 Å². The van der Waals surface area contributed by atoms with Gasteiger partial charge in [0.2, 0.25) is 0 Å². The summed E-state index contributed by atoms with van der Waals surface area (Å²) in [5.41, 5.74) is 1.69. The molecule has 1 atom stereocenters. The monoisotopic (exact) mass is 265 g/mol. The topological polar surface area (TPSA) is 85.5 Å². The van der Waals surface area contributed by atoms with Gasteiger partial charge in [-0.05, 0) is 39.3 Å². The number of imide groups is 1. The van der Waals surface area contributed by atoms with Gasteiger partial charge in [-0.15, -0.1) is 0 Å². The van der Waals surface area contributed by atoms with E-state index < -0.39 is 12.0 Å². The van der Waals surface area contributed by atoms with Crippen LogP contribution >= 0.6 is 0 Å². The molecule has 6 nitrogen and oxygen atoms in total. The van der Waals surface area contributed by atoms with Crippen LogP contribution in [-0.2, 0) is 4.74 Å². The van der Waals surface area contributed by atoms with Gasteiger partial charge in [-0.1, -0.05) is 6.92 Å². The smallest absolute Gasteiger partial charge is 0.431 e. The van der Waals surface area contributed by atoms with Crippen molar-refractivity contribution in [2.75, 3.05) is 0 Å². The molecule has 1 unspecified atom stereocenters. The first-order chi connectivity index (χ1) is 8.85. The number of nitrogens with zero attached hydrogens (tertiary/aromatic N) is 2. The van der Waals surface area contributed by atoms with Crippen LogP contribution in [-0.4, -0.2) is 28.1 Å². The van der Waals surface area contributed by atoms with E-state index in [1.807, 2.05) is 6.92 Å². The molecule has 6 heteroatoms. The molecular weight excluding hydrogens is 246 g/mol. The first-order valence-corrected chi connectivity index (χ1v) is 6.10. The van der Waals surface area contributed by atoms with Crippen molar-refractivity contribution in [1.29, 1.82) is 0 Å². The largest absolute Gasteiger partial charge is 0.445 e. The molecule has 0 saturated heterocycles. The lowest BCUT2D eigenvalue weighted by Crippen LogP contribution is -2.44. The highest BCUT2D eigenvalue weighted by Crippen LogP contribution is 2.08. The highest BCUT2D eigenvalue weighted by molar-refractivity contribution is 6.02. The number of aryl methyl sites for hydroxylation is 2. The molecule has 104 valence electrons. The minimum Gasteiger partial charge on any atom is -0.445 e. The number of pyridine rings is 1. The molecule has 0 fully saturated rings. The van der Waals surface area contributed by atoms with Crippen LogP contribution in [0.15, 0.2) is 12.1 Å². The highest BCUT2D eigenvalue weighted by Gasteiger charge is 2.22. The Morgan fingerprint density at radius 3 is 2.37 bits per heavy atom. The van der Waals surface area contributed by atoms with E-state index in [9.17, 15) is 9.59 Å². The van der Waals surface area contributed by atoms with Crippen LogP contribution in [0, 0.1) is 13.8 Å². The molecular formula is C13H19N3O3. The van der Waals surface area contributed by atoms with Gasteiger partial charge in [0.25, 0.3) is 5.91 Å². The van der Waals surface area contributed by atoms with Crippen molar-refractivity contribution in [2.24, 2.45) is 5.84 Å². The van der Waals surface area contributed by atoms with Gasteiger partial charge in [-0.3, -0.25) is 9.78 Å². The van der Waals surface area contributed by atoms with Gasteiger partial charge in [0, 0.05) is 17.0 Å². The number of aromatic nitrogens is 1. The van der Waals surface area contributed by atoms with Crippen molar-refractivity contribution in [3.63, 3.8) is 0 Å². The van der Waals surface area contributed by atoms with Crippen LogP contribution in [0.5, 0.6) is 0 Å². The quantitative estimate of drug-likeness (QED) is 0.513. The molecule has 2 amide bonds. The van der Waals surface area contributed by atoms with Crippen molar-refractivity contribution in [3.8, 4) is 0 Å². The maximum atomic E-state index is 12.0. The molecule has 0 aliphatic heterocycles. The van der Waals surface area contributed by atoms with Crippen LogP contribution < -0.4 is 5.84 Å². The Balaban J connectivity index is 2.84. The number of ether oxygens (including phenoxy) is 1. The number of nitrogens with two attached hydrogens (primary N) is 1. The molecule has 0 bridgehead atoms. The van der Waals surface area contributed by atoms with E-state index in [-0.39, 0.29) is 6.10 Å². The Morgan fingerprint density at radius 2 is 1.89 bits per heavy atom. The molecule has 1 aromatic rings.